The average Bonchev–Trinajstić information content (AvgIpc) is 3.34. The van der Waals surface area contributed by atoms with Crippen molar-refractivity contribution in [3.05, 3.63) is 163 Å². The normalized spacial score (nSPS) is 22.9. The average molecular weight is 971 g/mol. The summed E-state index contributed by atoms with van der Waals surface area (Å²) in [6.45, 7) is 19.7. The first-order chi connectivity index (χ1) is 33.0. The van der Waals surface area contributed by atoms with Crippen LogP contribution in [0, 0.1) is 5.41 Å². The molecule has 0 aromatic heterocycles. The number of hydrogen-bond acceptors (Lipinski definition) is 8. The minimum atomic E-state index is -2.78. The second-order valence-corrected chi connectivity index (χ2v) is 30.3. The van der Waals surface area contributed by atoms with Crippen molar-refractivity contribution in [2.24, 2.45) is 5.41 Å². The second kappa shape index (κ2) is 22.5. The van der Waals surface area contributed by atoms with Gasteiger partial charge in [-0.1, -0.05) is 200 Å². The van der Waals surface area contributed by atoms with Gasteiger partial charge in [-0.05, 0) is 67.8 Å². The van der Waals surface area contributed by atoms with Gasteiger partial charge >= 0.3 is 0 Å². The molecule has 0 bridgehead atoms. The van der Waals surface area contributed by atoms with Gasteiger partial charge in [0.25, 0.3) is 16.6 Å². The fraction of sp³-hybridized carbons (Fsp3) is 0.458. The monoisotopic (exact) mass is 971 g/mol. The van der Waals surface area contributed by atoms with Crippen LogP contribution in [0.15, 0.2) is 157 Å². The van der Waals surface area contributed by atoms with E-state index in [9.17, 15) is 5.11 Å². The molecule has 2 aliphatic rings. The van der Waals surface area contributed by atoms with Crippen LogP contribution in [0.5, 0.6) is 5.75 Å². The highest BCUT2D eigenvalue weighted by Crippen LogP contribution is 2.50. The van der Waals surface area contributed by atoms with Crippen LogP contribution in [0.1, 0.15) is 93.1 Å². The molecule has 0 radical (unpaired) electrons. The predicted molar refractivity (Wildman–Crippen MR) is 284 cm³/mol. The van der Waals surface area contributed by atoms with Crippen LogP contribution < -0.4 is 25.5 Å². The van der Waals surface area contributed by atoms with E-state index >= 15 is 0 Å². The number of rotatable bonds is 19. The van der Waals surface area contributed by atoms with Gasteiger partial charge in [-0.2, -0.15) is 0 Å². The molecule has 0 spiro atoms. The van der Waals surface area contributed by atoms with E-state index in [1.165, 1.54) is 26.3 Å². The summed E-state index contributed by atoms with van der Waals surface area (Å²) < 4.78 is 47.3. The fourth-order valence-corrected chi connectivity index (χ4v) is 20.1. The Bertz CT molecular complexity index is 2290. The van der Waals surface area contributed by atoms with Crippen molar-refractivity contribution >= 4 is 37.4 Å². The Kier molecular flexibility index (Phi) is 17.1. The molecular weight excluding hydrogens is 893 g/mol. The molecule has 1 N–H and O–H groups in total. The summed E-state index contributed by atoms with van der Waals surface area (Å²) in [5, 5.41) is 16.7. The standard InChI is InChI=1S/C59H78O8Si2/c1-56(2,3)68(51-23-15-11-16-24-51,52-25-17-12-18-26-52)64-37-35-46-39-49(66-50(40-46)44-63-43-45-31-33-47(61-9)34-32-45)42-59(62-10)58(7,8)55(60)41-48(67-59)36-38-65-69(57(4,5)6,53-27-19-13-20-28-53)54-29-21-14-22-30-54/h11-35,48-50,55,60H,36-44H2,1-10H3/b46-35-/t48-,49+,50-,55+,59+/m1/s1. The zero-order chi connectivity index (χ0) is 49.3. The Morgan fingerprint density at radius 2 is 1.12 bits per heavy atom. The van der Waals surface area contributed by atoms with Gasteiger partial charge in [0.05, 0.1) is 51.3 Å². The molecule has 0 aliphatic carbocycles. The molecule has 0 amide bonds. The third-order valence-electron chi connectivity index (χ3n) is 14.8. The lowest BCUT2D eigenvalue weighted by Gasteiger charge is -2.55. The van der Waals surface area contributed by atoms with Gasteiger partial charge in [-0.3, -0.25) is 0 Å². The maximum absolute atomic E-state index is 12.1. The van der Waals surface area contributed by atoms with Gasteiger partial charge in [-0.25, -0.2) is 0 Å². The van der Waals surface area contributed by atoms with E-state index < -0.39 is 33.9 Å². The molecule has 69 heavy (non-hydrogen) atoms. The maximum atomic E-state index is 12.1. The molecule has 0 saturated carbocycles. The summed E-state index contributed by atoms with van der Waals surface area (Å²) in [5.74, 6) is -0.342. The highest BCUT2D eigenvalue weighted by molar-refractivity contribution is 7.00. The molecule has 8 nitrogen and oxygen atoms in total. The van der Waals surface area contributed by atoms with Crippen molar-refractivity contribution in [3.63, 3.8) is 0 Å². The lowest BCUT2D eigenvalue weighted by Crippen LogP contribution is -2.67. The van der Waals surface area contributed by atoms with E-state index in [1.54, 1.807) is 14.2 Å². The van der Waals surface area contributed by atoms with Gasteiger partial charge in [0.1, 0.15) is 5.75 Å². The first-order valence-electron chi connectivity index (χ1n) is 24.9. The first kappa shape index (κ1) is 52.6. The molecule has 7 rings (SSSR count). The Morgan fingerprint density at radius 1 is 0.638 bits per heavy atom. The predicted octanol–water partition coefficient (Wildman–Crippen LogP) is 10.1. The third-order valence-corrected chi connectivity index (χ3v) is 24.9. The van der Waals surface area contributed by atoms with E-state index in [1.807, 2.05) is 24.3 Å². The lowest BCUT2D eigenvalue weighted by atomic mass is 9.70. The van der Waals surface area contributed by atoms with Crippen LogP contribution in [-0.2, 0) is 34.4 Å². The van der Waals surface area contributed by atoms with Gasteiger partial charge in [0.2, 0.25) is 0 Å². The molecule has 5 atom stereocenters. The first-order valence-corrected chi connectivity index (χ1v) is 28.7. The van der Waals surface area contributed by atoms with Crippen molar-refractivity contribution in [2.75, 3.05) is 34.0 Å². The van der Waals surface area contributed by atoms with E-state index in [0.29, 0.717) is 58.5 Å². The summed E-state index contributed by atoms with van der Waals surface area (Å²) in [4.78, 5) is 0. The molecule has 5 aromatic carbocycles. The van der Waals surface area contributed by atoms with Crippen molar-refractivity contribution in [1.82, 2.24) is 0 Å². The number of aliphatic hydroxyl groups is 1. The molecule has 2 saturated heterocycles. The number of benzene rings is 5. The molecule has 0 unspecified atom stereocenters. The van der Waals surface area contributed by atoms with Crippen molar-refractivity contribution in [3.8, 4) is 5.75 Å². The molecule has 2 fully saturated rings. The third kappa shape index (κ3) is 11.5. The number of ether oxygens (including phenoxy) is 5. The Labute approximate surface area is 415 Å². The van der Waals surface area contributed by atoms with E-state index in [4.69, 9.17) is 32.5 Å². The maximum Gasteiger partial charge on any atom is 0.261 e. The zero-order valence-electron chi connectivity index (χ0n) is 42.9. The van der Waals surface area contributed by atoms with Crippen LogP contribution >= 0.6 is 0 Å². The molecule has 370 valence electrons. The highest BCUT2D eigenvalue weighted by atomic mass is 28.4. The largest absolute Gasteiger partial charge is 0.497 e. The zero-order valence-corrected chi connectivity index (χ0v) is 44.9. The van der Waals surface area contributed by atoms with Gasteiger partial charge in [-0.15, -0.1) is 0 Å². The van der Waals surface area contributed by atoms with Crippen LogP contribution in [-0.4, -0.2) is 86.0 Å². The fourth-order valence-electron chi connectivity index (χ4n) is 11.1. The smallest absolute Gasteiger partial charge is 0.261 e. The SMILES string of the molecule is COc1ccc(COC[C@H]2C/C(=C\CO[Si](c3ccccc3)(c3ccccc3)C(C)(C)C)C[C@@H](C[C@]3(OC)O[C@H](CCO[Si](c4ccccc4)(c4ccccc4)C(C)(C)C)C[C@H](O)C3(C)C)O2)cc1. The Balaban J connectivity index is 1.14. The lowest BCUT2D eigenvalue weighted by molar-refractivity contribution is -0.357. The van der Waals surface area contributed by atoms with E-state index in [0.717, 1.165) is 11.3 Å². The molecule has 10 heteroatoms. The topological polar surface area (TPSA) is 84.8 Å². The molecular formula is C59H78O8Si2. The van der Waals surface area contributed by atoms with Crippen LogP contribution in [0.3, 0.4) is 0 Å². The molecule has 5 aromatic rings. The van der Waals surface area contributed by atoms with Crippen molar-refractivity contribution < 1.29 is 37.6 Å². The van der Waals surface area contributed by atoms with Gasteiger partial charge in [0, 0.05) is 32.0 Å². The summed E-state index contributed by atoms with van der Waals surface area (Å²) in [6, 6.07) is 51.0. The summed E-state index contributed by atoms with van der Waals surface area (Å²) >= 11 is 0. The molecule has 2 aliphatic heterocycles. The van der Waals surface area contributed by atoms with Crippen molar-refractivity contribution in [1.29, 1.82) is 0 Å². The minimum absolute atomic E-state index is 0.152. The van der Waals surface area contributed by atoms with Crippen LogP contribution in [0.2, 0.25) is 10.1 Å². The Hall–Kier alpha value is -4.21. The van der Waals surface area contributed by atoms with Gasteiger partial charge in [0.15, 0.2) is 5.79 Å². The van der Waals surface area contributed by atoms with Crippen LogP contribution in [0.25, 0.3) is 0 Å². The highest BCUT2D eigenvalue weighted by Gasteiger charge is 2.58. The second-order valence-electron chi connectivity index (χ2n) is 21.7. The summed E-state index contributed by atoms with van der Waals surface area (Å²) in [5.41, 5.74) is 1.55. The van der Waals surface area contributed by atoms with E-state index in [2.05, 4.69) is 183 Å². The quantitative estimate of drug-likeness (QED) is 0.0647. The number of methoxy groups -OCH3 is 2. The van der Waals surface area contributed by atoms with Crippen molar-refractivity contribution in [2.45, 2.75) is 134 Å². The number of hydrogen-bond donors (Lipinski definition) is 1. The minimum Gasteiger partial charge on any atom is -0.497 e. The van der Waals surface area contributed by atoms with Gasteiger partial charge < -0.3 is 37.6 Å². The summed E-state index contributed by atoms with van der Waals surface area (Å²) in [7, 11) is -2.18. The Morgan fingerprint density at radius 3 is 1.58 bits per heavy atom. The van der Waals surface area contributed by atoms with E-state index in [-0.39, 0.29) is 28.4 Å². The van der Waals surface area contributed by atoms with Crippen LogP contribution in [0.4, 0.5) is 0 Å². The molecule has 2 heterocycles. The number of aliphatic hydroxyl groups excluding tert-OH is 1. The summed E-state index contributed by atoms with van der Waals surface area (Å²) in [6.07, 6.45) is 3.65.